The summed E-state index contributed by atoms with van der Waals surface area (Å²) in [7, 11) is -0.923. The molecule has 0 radical (unpaired) electrons. The number of rotatable bonds is 5. The standard InChI is InChI=1S/C12H19BrN2O2S/c1-8(2)15-7-10(13)5-11(15)12(16)14-6-9(3)18(4)17/h5,7-9H,6H2,1-4H3,(H,14,16). The SMILES string of the molecule is CC(C)n1cc(Br)cc1C(=O)NCC(C)S(C)=O. The van der Waals surface area contributed by atoms with Gasteiger partial charge in [-0.3, -0.25) is 9.00 Å². The van der Waals surface area contributed by atoms with Crippen molar-refractivity contribution in [3.63, 3.8) is 0 Å². The lowest BCUT2D eigenvalue weighted by molar-refractivity contribution is 0.0943. The van der Waals surface area contributed by atoms with E-state index in [9.17, 15) is 9.00 Å². The molecule has 4 nitrogen and oxygen atoms in total. The number of nitrogens with zero attached hydrogens (tertiary/aromatic N) is 1. The molecule has 1 rings (SSSR count). The molecule has 102 valence electrons. The van der Waals surface area contributed by atoms with Gasteiger partial charge in [-0.25, -0.2) is 0 Å². The van der Waals surface area contributed by atoms with Gasteiger partial charge in [0, 0.05) is 45.6 Å². The third kappa shape index (κ3) is 3.95. The molecular formula is C12H19BrN2O2S. The van der Waals surface area contributed by atoms with Gasteiger partial charge in [-0.05, 0) is 42.8 Å². The van der Waals surface area contributed by atoms with Gasteiger partial charge >= 0.3 is 0 Å². The van der Waals surface area contributed by atoms with Gasteiger partial charge in [-0.1, -0.05) is 0 Å². The zero-order chi connectivity index (χ0) is 13.9. The normalized spacial score (nSPS) is 14.6. The summed E-state index contributed by atoms with van der Waals surface area (Å²) in [6.45, 7) is 6.32. The van der Waals surface area contributed by atoms with Crippen LogP contribution in [0.25, 0.3) is 0 Å². The van der Waals surface area contributed by atoms with E-state index in [1.807, 2.05) is 31.5 Å². The summed E-state index contributed by atoms with van der Waals surface area (Å²) in [6.07, 6.45) is 3.53. The predicted molar refractivity (Wildman–Crippen MR) is 78.4 cm³/mol. The maximum atomic E-state index is 12.1. The van der Waals surface area contributed by atoms with Crippen LogP contribution in [-0.2, 0) is 10.8 Å². The zero-order valence-corrected chi connectivity index (χ0v) is 13.5. The second-order valence-corrected chi connectivity index (χ2v) is 7.28. The molecule has 2 atom stereocenters. The minimum absolute atomic E-state index is 0.0418. The van der Waals surface area contributed by atoms with Crippen molar-refractivity contribution in [1.29, 1.82) is 0 Å². The fourth-order valence-electron chi connectivity index (χ4n) is 1.50. The van der Waals surface area contributed by atoms with Crippen LogP contribution < -0.4 is 5.32 Å². The lowest BCUT2D eigenvalue weighted by atomic mass is 10.3. The molecule has 0 aliphatic carbocycles. The summed E-state index contributed by atoms with van der Waals surface area (Å²) >= 11 is 3.37. The summed E-state index contributed by atoms with van der Waals surface area (Å²) in [5, 5.41) is 2.77. The molecule has 1 aromatic heterocycles. The Hall–Kier alpha value is -0.620. The van der Waals surface area contributed by atoms with Crippen LogP contribution in [0.5, 0.6) is 0 Å². The molecule has 1 heterocycles. The maximum absolute atomic E-state index is 12.1. The first-order valence-electron chi connectivity index (χ1n) is 5.80. The van der Waals surface area contributed by atoms with E-state index in [0.29, 0.717) is 12.2 Å². The molecule has 0 saturated carbocycles. The first-order chi connectivity index (χ1) is 8.32. The Morgan fingerprint density at radius 1 is 1.50 bits per heavy atom. The van der Waals surface area contributed by atoms with E-state index in [2.05, 4.69) is 21.2 Å². The van der Waals surface area contributed by atoms with Crippen molar-refractivity contribution in [2.45, 2.75) is 32.1 Å². The van der Waals surface area contributed by atoms with E-state index in [0.717, 1.165) is 4.47 Å². The fraction of sp³-hybridized carbons (Fsp3) is 0.583. The molecule has 0 fully saturated rings. The molecular weight excluding hydrogens is 316 g/mol. The van der Waals surface area contributed by atoms with Crippen molar-refractivity contribution in [1.82, 2.24) is 9.88 Å². The number of carbonyl (C=O) groups excluding carboxylic acids is 1. The van der Waals surface area contributed by atoms with E-state index >= 15 is 0 Å². The Kier molecular flexibility index (Phi) is 5.59. The molecule has 6 heteroatoms. The molecule has 1 N–H and O–H groups in total. The van der Waals surface area contributed by atoms with Crippen LogP contribution in [0, 0.1) is 0 Å². The van der Waals surface area contributed by atoms with E-state index in [4.69, 9.17) is 0 Å². The van der Waals surface area contributed by atoms with Crippen molar-refractivity contribution in [2.75, 3.05) is 12.8 Å². The Morgan fingerprint density at radius 3 is 2.61 bits per heavy atom. The highest BCUT2D eigenvalue weighted by atomic mass is 79.9. The number of nitrogens with one attached hydrogen (secondary N) is 1. The smallest absolute Gasteiger partial charge is 0.267 e. The van der Waals surface area contributed by atoms with Gasteiger partial charge in [-0.2, -0.15) is 0 Å². The summed E-state index contributed by atoms with van der Waals surface area (Å²) in [5.41, 5.74) is 0.617. The molecule has 18 heavy (non-hydrogen) atoms. The van der Waals surface area contributed by atoms with Crippen molar-refractivity contribution in [3.05, 3.63) is 22.4 Å². The average molecular weight is 335 g/mol. The average Bonchev–Trinajstić information content (AvgIpc) is 2.67. The minimum Gasteiger partial charge on any atom is -0.350 e. The Labute approximate surface area is 119 Å². The quantitative estimate of drug-likeness (QED) is 0.898. The number of carbonyl (C=O) groups is 1. The van der Waals surface area contributed by atoms with Crippen LogP contribution in [-0.4, -0.2) is 32.7 Å². The molecule has 2 unspecified atom stereocenters. The Bertz CT molecular complexity index is 457. The van der Waals surface area contributed by atoms with Crippen molar-refractivity contribution >= 4 is 32.6 Å². The van der Waals surface area contributed by atoms with Crippen LogP contribution >= 0.6 is 15.9 Å². The molecule has 1 amide bonds. The van der Waals surface area contributed by atoms with Gasteiger partial charge in [0.25, 0.3) is 5.91 Å². The Balaban J connectivity index is 2.75. The number of hydrogen-bond donors (Lipinski definition) is 1. The third-order valence-electron chi connectivity index (χ3n) is 2.72. The van der Waals surface area contributed by atoms with Gasteiger partial charge in [0.1, 0.15) is 5.69 Å². The fourth-order valence-corrected chi connectivity index (χ4v) is 2.25. The number of amides is 1. The van der Waals surface area contributed by atoms with E-state index in [1.165, 1.54) is 0 Å². The second kappa shape index (κ2) is 6.52. The van der Waals surface area contributed by atoms with Crippen LogP contribution in [0.1, 0.15) is 37.3 Å². The van der Waals surface area contributed by atoms with Crippen LogP contribution in [0.15, 0.2) is 16.7 Å². The topological polar surface area (TPSA) is 51.1 Å². The largest absolute Gasteiger partial charge is 0.350 e. The van der Waals surface area contributed by atoms with Gasteiger partial charge in [0.05, 0.1) is 0 Å². The summed E-state index contributed by atoms with van der Waals surface area (Å²) < 4.78 is 14.0. The van der Waals surface area contributed by atoms with Crippen LogP contribution in [0.3, 0.4) is 0 Å². The summed E-state index contributed by atoms with van der Waals surface area (Å²) in [5.74, 6) is -0.133. The van der Waals surface area contributed by atoms with Gasteiger partial charge < -0.3 is 9.88 Å². The third-order valence-corrected chi connectivity index (χ3v) is 4.45. The molecule has 1 aromatic rings. The lowest BCUT2D eigenvalue weighted by Gasteiger charge is -2.14. The molecule has 0 spiro atoms. The van der Waals surface area contributed by atoms with Crippen LogP contribution in [0.4, 0.5) is 0 Å². The monoisotopic (exact) mass is 334 g/mol. The first-order valence-corrected chi connectivity index (χ1v) is 8.22. The maximum Gasteiger partial charge on any atom is 0.267 e. The predicted octanol–water partition coefficient (Wildman–Crippen LogP) is 2.33. The van der Waals surface area contributed by atoms with Gasteiger partial charge in [0.15, 0.2) is 0 Å². The number of halogens is 1. The first kappa shape index (κ1) is 15.4. The summed E-state index contributed by atoms with van der Waals surface area (Å²) in [4.78, 5) is 12.1. The summed E-state index contributed by atoms with van der Waals surface area (Å²) in [6, 6.07) is 2.01. The van der Waals surface area contributed by atoms with Gasteiger partial charge in [-0.15, -0.1) is 0 Å². The van der Waals surface area contributed by atoms with Crippen molar-refractivity contribution < 1.29 is 9.00 Å². The number of aromatic nitrogens is 1. The van der Waals surface area contributed by atoms with Gasteiger partial charge in [0.2, 0.25) is 0 Å². The van der Waals surface area contributed by atoms with E-state index in [-0.39, 0.29) is 17.2 Å². The van der Waals surface area contributed by atoms with Crippen molar-refractivity contribution in [3.8, 4) is 0 Å². The van der Waals surface area contributed by atoms with Crippen molar-refractivity contribution in [2.24, 2.45) is 0 Å². The number of hydrogen-bond acceptors (Lipinski definition) is 2. The molecule has 0 aliphatic heterocycles. The highest BCUT2D eigenvalue weighted by Crippen LogP contribution is 2.19. The second-order valence-electron chi connectivity index (χ2n) is 4.56. The lowest BCUT2D eigenvalue weighted by Crippen LogP contribution is -2.33. The Morgan fingerprint density at radius 2 is 2.11 bits per heavy atom. The molecule has 0 aliphatic rings. The highest BCUT2D eigenvalue weighted by molar-refractivity contribution is 9.10. The van der Waals surface area contributed by atoms with E-state index in [1.54, 1.807) is 12.3 Å². The van der Waals surface area contributed by atoms with Crippen LogP contribution in [0.2, 0.25) is 0 Å². The zero-order valence-electron chi connectivity index (χ0n) is 11.1. The minimum atomic E-state index is -0.923. The molecule has 0 aromatic carbocycles. The molecule has 0 bridgehead atoms. The molecule has 0 saturated heterocycles. The van der Waals surface area contributed by atoms with E-state index < -0.39 is 10.8 Å². The highest BCUT2D eigenvalue weighted by Gasteiger charge is 2.16.